The molecule has 1 aliphatic rings. The van der Waals surface area contributed by atoms with E-state index in [2.05, 4.69) is 34.7 Å². The number of hydrogen-bond acceptors (Lipinski definition) is 4. The normalized spacial score (nSPS) is 18.2. The highest BCUT2D eigenvalue weighted by atomic mass is 15.2. The number of nitrogens with zero attached hydrogens (tertiary/aromatic N) is 1. The van der Waals surface area contributed by atoms with E-state index in [0.29, 0.717) is 5.82 Å². The van der Waals surface area contributed by atoms with E-state index < -0.39 is 0 Å². The summed E-state index contributed by atoms with van der Waals surface area (Å²) < 4.78 is 0. The molecule has 0 aliphatic heterocycles. The molecular formula is C16H20N4. The second-order valence-electron chi connectivity index (χ2n) is 5.45. The van der Waals surface area contributed by atoms with Crippen LogP contribution >= 0.6 is 0 Å². The largest absolute Gasteiger partial charge is 0.383 e. The quantitative estimate of drug-likeness (QED) is 0.587. The highest BCUT2D eigenvalue weighted by Gasteiger charge is 2.46. The lowest BCUT2D eigenvalue weighted by Crippen LogP contribution is -2.49. The fourth-order valence-corrected chi connectivity index (χ4v) is 3.29. The third-order valence-electron chi connectivity index (χ3n) is 4.50. The predicted molar refractivity (Wildman–Crippen MR) is 80.7 cm³/mol. The van der Waals surface area contributed by atoms with Gasteiger partial charge in [0, 0.05) is 17.2 Å². The maximum atomic E-state index is 6.04. The average molecular weight is 268 g/mol. The van der Waals surface area contributed by atoms with Gasteiger partial charge in [0.2, 0.25) is 0 Å². The number of nitrogens with two attached hydrogens (primary N) is 2. The van der Waals surface area contributed by atoms with Gasteiger partial charge < -0.3 is 5.73 Å². The number of aromatic nitrogens is 1. The topological polar surface area (TPSA) is 77.0 Å². The van der Waals surface area contributed by atoms with Gasteiger partial charge in [-0.1, -0.05) is 42.8 Å². The van der Waals surface area contributed by atoms with Gasteiger partial charge in [0.1, 0.15) is 5.82 Å². The molecule has 1 unspecified atom stereocenters. The second-order valence-corrected chi connectivity index (χ2v) is 5.45. The van der Waals surface area contributed by atoms with E-state index >= 15 is 0 Å². The number of benzene rings is 1. The van der Waals surface area contributed by atoms with Crippen molar-refractivity contribution in [3.63, 3.8) is 0 Å². The van der Waals surface area contributed by atoms with Crippen LogP contribution in [0.3, 0.4) is 0 Å². The van der Waals surface area contributed by atoms with Crippen LogP contribution in [0, 0.1) is 0 Å². The molecule has 1 atom stereocenters. The fourth-order valence-electron chi connectivity index (χ4n) is 3.29. The first-order chi connectivity index (χ1) is 9.78. The molecular weight excluding hydrogens is 248 g/mol. The molecule has 0 bridgehead atoms. The number of nitrogen functional groups attached to an aromatic ring is 1. The smallest absolute Gasteiger partial charge is 0.128 e. The molecule has 2 aromatic rings. The minimum atomic E-state index is -0.00708. The zero-order valence-corrected chi connectivity index (χ0v) is 11.4. The Morgan fingerprint density at radius 3 is 2.40 bits per heavy atom. The summed E-state index contributed by atoms with van der Waals surface area (Å²) in [7, 11) is 0. The van der Waals surface area contributed by atoms with Gasteiger partial charge in [-0.05, 0) is 24.5 Å². The number of hydrazine groups is 1. The minimum Gasteiger partial charge on any atom is -0.383 e. The number of pyridine rings is 1. The molecule has 5 N–H and O–H groups in total. The highest BCUT2D eigenvalue weighted by molar-refractivity contribution is 5.45. The van der Waals surface area contributed by atoms with Gasteiger partial charge >= 0.3 is 0 Å². The molecule has 1 heterocycles. The Kier molecular flexibility index (Phi) is 3.42. The van der Waals surface area contributed by atoms with Crippen LogP contribution in [0.15, 0.2) is 48.7 Å². The fraction of sp³-hybridized carbons (Fsp3) is 0.312. The van der Waals surface area contributed by atoms with Crippen molar-refractivity contribution < 1.29 is 0 Å². The van der Waals surface area contributed by atoms with Gasteiger partial charge in [-0.3, -0.25) is 11.3 Å². The first-order valence-electron chi connectivity index (χ1n) is 7.00. The lowest BCUT2D eigenvalue weighted by molar-refractivity contribution is 0.170. The molecule has 1 aromatic carbocycles. The summed E-state index contributed by atoms with van der Waals surface area (Å²) in [6.45, 7) is 0. The van der Waals surface area contributed by atoms with Gasteiger partial charge in [0.05, 0.1) is 6.04 Å². The van der Waals surface area contributed by atoms with Crippen LogP contribution in [0.1, 0.15) is 36.4 Å². The van der Waals surface area contributed by atoms with Gasteiger partial charge in [0.25, 0.3) is 0 Å². The van der Waals surface area contributed by atoms with Crippen molar-refractivity contribution in [2.45, 2.75) is 30.7 Å². The van der Waals surface area contributed by atoms with Crippen LogP contribution < -0.4 is 17.0 Å². The van der Waals surface area contributed by atoms with E-state index in [0.717, 1.165) is 18.4 Å². The lowest BCUT2D eigenvalue weighted by atomic mass is 9.59. The summed E-state index contributed by atoms with van der Waals surface area (Å²) in [5, 5.41) is 0. The molecule has 20 heavy (non-hydrogen) atoms. The van der Waals surface area contributed by atoms with Crippen LogP contribution in [-0.4, -0.2) is 4.98 Å². The van der Waals surface area contributed by atoms with Crippen LogP contribution in [0.5, 0.6) is 0 Å². The minimum absolute atomic E-state index is 0.00708. The Hall–Kier alpha value is -1.91. The molecule has 0 spiro atoms. The molecule has 4 heteroatoms. The molecule has 104 valence electrons. The van der Waals surface area contributed by atoms with E-state index in [1.165, 1.54) is 12.0 Å². The van der Waals surface area contributed by atoms with Crippen LogP contribution in [0.4, 0.5) is 5.82 Å². The highest BCUT2D eigenvalue weighted by Crippen LogP contribution is 2.52. The Labute approximate surface area is 119 Å². The van der Waals surface area contributed by atoms with Crippen molar-refractivity contribution in [1.82, 2.24) is 10.4 Å². The summed E-state index contributed by atoms with van der Waals surface area (Å²) >= 11 is 0. The maximum Gasteiger partial charge on any atom is 0.128 e. The summed E-state index contributed by atoms with van der Waals surface area (Å²) in [6.07, 6.45) is 5.15. The van der Waals surface area contributed by atoms with E-state index in [1.54, 1.807) is 6.20 Å². The molecule has 0 amide bonds. The number of rotatable bonds is 4. The first kappa shape index (κ1) is 13.1. The summed E-state index contributed by atoms with van der Waals surface area (Å²) in [5.74, 6) is 6.43. The third-order valence-corrected chi connectivity index (χ3v) is 4.50. The van der Waals surface area contributed by atoms with Gasteiger partial charge in [-0.2, -0.15) is 0 Å². The van der Waals surface area contributed by atoms with Crippen molar-refractivity contribution in [2.75, 3.05) is 5.73 Å². The molecule has 0 radical (unpaired) electrons. The first-order valence-corrected chi connectivity index (χ1v) is 7.00. The second kappa shape index (κ2) is 5.23. The maximum absolute atomic E-state index is 6.04. The van der Waals surface area contributed by atoms with Gasteiger partial charge in [-0.15, -0.1) is 0 Å². The molecule has 4 nitrogen and oxygen atoms in total. The summed E-state index contributed by atoms with van der Waals surface area (Å²) in [5.41, 5.74) is 11.3. The number of anilines is 1. The van der Waals surface area contributed by atoms with E-state index in [4.69, 9.17) is 11.6 Å². The summed E-state index contributed by atoms with van der Waals surface area (Å²) in [4.78, 5) is 4.20. The van der Waals surface area contributed by atoms with E-state index in [1.807, 2.05) is 18.2 Å². The number of nitrogens with one attached hydrogen (secondary N) is 1. The average Bonchev–Trinajstić information content (AvgIpc) is 2.45. The molecule has 1 aromatic heterocycles. The van der Waals surface area contributed by atoms with Crippen LogP contribution in [0.2, 0.25) is 0 Å². The third kappa shape index (κ3) is 1.97. The van der Waals surface area contributed by atoms with Crippen molar-refractivity contribution in [3.05, 3.63) is 59.8 Å². The van der Waals surface area contributed by atoms with Gasteiger partial charge in [0.15, 0.2) is 0 Å². The Morgan fingerprint density at radius 2 is 1.85 bits per heavy atom. The summed E-state index contributed by atoms with van der Waals surface area (Å²) in [6, 6.07) is 14.5. The molecule has 3 rings (SSSR count). The molecule has 0 saturated heterocycles. The standard InChI is InChI=1S/C16H20N4/c17-15-13(8-4-11-19-15)14(20-18)16(9-5-10-16)12-6-2-1-3-7-12/h1-4,6-8,11,14,20H,5,9-10,18H2,(H2,17,19). The monoisotopic (exact) mass is 268 g/mol. The Bertz CT molecular complexity index is 578. The zero-order valence-electron chi connectivity index (χ0n) is 11.4. The SMILES string of the molecule is NNC(c1cccnc1N)C1(c2ccccc2)CCC1. The lowest BCUT2D eigenvalue weighted by Gasteiger charge is -2.48. The van der Waals surface area contributed by atoms with Gasteiger partial charge in [-0.25, -0.2) is 4.98 Å². The predicted octanol–water partition coefficient (Wildman–Crippen LogP) is 2.29. The Morgan fingerprint density at radius 1 is 1.10 bits per heavy atom. The molecule has 1 fully saturated rings. The number of hydrogen-bond donors (Lipinski definition) is 3. The van der Waals surface area contributed by atoms with Crippen molar-refractivity contribution in [1.29, 1.82) is 0 Å². The van der Waals surface area contributed by atoms with Crippen molar-refractivity contribution in [3.8, 4) is 0 Å². The van der Waals surface area contributed by atoms with Crippen LogP contribution in [-0.2, 0) is 5.41 Å². The molecule has 1 saturated carbocycles. The van der Waals surface area contributed by atoms with Crippen LogP contribution in [0.25, 0.3) is 0 Å². The zero-order chi connectivity index (χ0) is 14.0. The van der Waals surface area contributed by atoms with E-state index in [9.17, 15) is 0 Å². The van der Waals surface area contributed by atoms with Crippen molar-refractivity contribution >= 4 is 5.82 Å². The Balaban J connectivity index is 2.05. The van der Waals surface area contributed by atoms with Crippen molar-refractivity contribution in [2.24, 2.45) is 5.84 Å². The van der Waals surface area contributed by atoms with E-state index in [-0.39, 0.29) is 11.5 Å². The molecule has 1 aliphatic carbocycles.